The molecule has 44 heavy (non-hydrogen) atoms. The zero-order valence-corrected chi connectivity index (χ0v) is 27.1. The molecule has 0 aromatic heterocycles. The number of hydrogen-bond acceptors (Lipinski definition) is 4. The number of nitrogens with one attached hydrogen (secondary N) is 1. The largest absolute Gasteiger partial charge is 0.352 e. The number of anilines is 1. The predicted octanol–water partition coefficient (Wildman–Crippen LogP) is 6.66. The van der Waals surface area contributed by atoms with Gasteiger partial charge in [-0.05, 0) is 74.4 Å². The summed E-state index contributed by atoms with van der Waals surface area (Å²) in [7, 11) is -4.21. The Kier molecular flexibility index (Phi) is 11.1. The summed E-state index contributed by atoms with van der Waals surface area (Å²) in [6.07, 6.45) is 0.216. The first kappa shape index (κ1) is 33.1. The molecule has 4 aromatic carbocycles. The maximum absolute atomic E-state index is 14.4. The van der Waals surface area contributed by atoms with Crippen molar-refractivity contribution in [1.82, 2.24) is 10.2 Å². The van der Waals surface area contributed by atoms with E-state index >= 15 is 0 Å². The number of sulfonamides is 1. The molecule has 0 radical (unpaired) electrons. The Labute approximate surface area is 269 Å². The standard InChI is InChI=1S/C34H35Cl2N3O4S/c1-24(2)37-34(41)32(20-26-9-5-4-6-10-26)38(22-27-11-7-12-28(35)19-27)33(40)23-39(30-14-8-13-29(36)21-30)44(42,43)31-17-15-25(3)16-18-31/h4-19,21,24,32H,20,22-23H2,1-3H3,(H,37,41)/t32-/m1/s1. The quantitative estimate of drug-likeness (QED) is 0.186. The van der Waals surface area contributed by atoms with Gasteiger partial charge in [-0.1, -0.05) is 89.4 Å². The molecular formula is C34H35Cl2N3O4S. The fourth-order valence-corrected chi connectivity index (χ4v) is 6.57. The van der Waals surface area contributed by atoms with Gasteiger partial charge < -0.3 is 10.2 Å². The number of nitrogens with zero attached hydrogens (tertiary/aromatic N) is 2. The van der Waals surface area contributed by atoms with Crippen LogP contribution in [0.1, 0.15) is 30.5 Å². The molecule has 0 saturated carbocycles. The second-order valence-corrected chi connectivity index (χ2v) is 13.6. The first-order valence-electron chi connectivity index (χ1n) is 14.2. The minimum absolute atomic E-state index is 0.0238. The van der Waals surface area contributed by atoms with Crippen molar-refractivity contribution in [2.24, 2.45) is 0 Å². The van der Waals surface area contributed by atoms with Crippen molar-refractivity contribution in [3.63, 3.8) is 0 Å². The van der Waals surface area contributed by atoms with E-state index < -0.39 is 28.5 Å². The van der Waals surface area contributed by atoms with Crippen LogP contribution in [0.3, 0.4) is 0 Å². The molecule has 0 aliphatic carbocycles. The Morgan fingerprint density at radius 1 is 0.795 bits per heavy atom. The van der Waals surface area contributed by atoms with Crippen molar-refractivity contribution in [2.75, 3.05) is 10.8 Å². The van der Waals surface area contributed by atoms with Gasteiger partial charge in [-0.25, -0.2) is 8.42 Å². The Morgan fingerprint density at radius 3 is 2.02 bits per heavy atom. The molecule has 0 unspecified atom stereocenters. The number of amides is 2. The zero-order chi connectivity index (χ0) is 31.9. The van der Waals surface area contributed by atoms with Gasteiger partial charge in [0.2, 0.25) is 11.8 Å². The summed E-state index contributed by atoms with van der Waals surface area (Å²) in [5.74, 6) is -0.921. The average molecular weight is 653 g/mol. The minimum Gasteiger partial charge on any atom is -0.352 e. The summed E-state index contributed by atoms with van der Waals surface area (Å²) in [6, 6.07) is 28.0. The van der Waals surface area contributed by atoms with Gasteiger partial charge >= 0.3 is 0 Å². The highest BCUT2D eigenvalue weighted by Crippen LogP contribution is 2.27. The Balaban J connectivity index is 1.81. The van der Waals surface area contributed by atoms with Crippen molar-refractivity contribution >= 4 is 50.7 Å². The lowest BCUT2D eigenvalue weighted by Crippen LogP contribution is -2.54. The van der Waals surface area contributed by atoms with Crippen LogP contribution in [-0.2, 0) is 32.6 Å². The molecule has 1 atom stereocenters. The third-order valence-electron chi connectivity index (χ3n) is 6.93. The van der Waals surface area contributed by atoms with Crippen molar-refractivity contribution in [1.29, 1.82) is 0 Å². The number of carbonyl (C=O) groups excluding carboxylic acids is 2. The fraction of sp³-hybridized carbons (Fsp3) is 0.235. The number of halogens is 2. The van der Waals surface area contributed by atoms with Crippen LogP contribution < -0.4 is 9.62 Å². The molecule has 10 heteroatoms. The van der Waals surface area contributed by atoms with Gasteiger partial charge in [0.15, 0.2) is 0 Å². The number of aryl methyl sites for hydroxylation is 1. The van der Waals surface area contributed by atoms with Crippen LogP contribution in [0, 0.1) is 6.92 Å². The van der Waals surface area contributed by atoms with Crippen LogP contribution in [0.5, 0.6) is 0 Å². The third-order valence-corrected chi connectivity index (χ3v) is 9.19. The van der Waals surface area contributed by atoms with E-state index in [4.69, 9.17) is 23.2 Å². The fourth-order valence-electron chi connectivity index (χ4n) is 4.76. The molecule has 0 fully saturated rings. The summed E-state index contributed by atoms with van der Waals surface area (Å²) in [5, 5.41) is 3.73. The molecule has 0 bridgehead atoms. The molecule has 0 aliphatic rings. The number of hydrogen-bond donors (Lipinski definition) is 1. The highest BCUT2D eigenvalue weighted by Gasteiger charge is 2.35. The van der Waals surface area contributed by atoms with Crippen molar-refractivity contribution in [2.45, 2.75) is 50.7 Å². The van der Waals surface area contributed by atoms with Gasteiger partial charge in [0, 0.05) is 29.1 Å². The second kappa shape index (κ2) is 14.8. The molecule has 0 heterocycles. The highest BCUT2D eigenvalue weighted by molar-refractivity contribution is 7.92. The van der Waals surface area contributed by atoms with Crippen LogP contribution >= 0.6 is 23.2 Å². The molecule has 0 saturated heterocycles. The number of rotatable bonds is 12. The molecule has 4 aromatic rings. The Hall–Kier alpha value is -3.85. The normalized spacial score (nSPS) is 12.0. The van der Waals surface area contributed by atoms with Crippen molar-refractivity contribution in [3.8, 4) is 0 Å². The molecule has 4 rings (SSSR count). The lowest BCUT2D eigenvalue weighted by molar-refractivity contribution is -0.140. The smallest absolute Gasteiger partial charge is 0.264 e. The Morgan fingerprint density at radius 2 is 1.41 bits per heavy atom. The summed E-state index contributed by atoms with van der Waals surface area (Å²) in [4.78, 5) is 29.6. The molecular weight excluding hydrogens is 617 g/mol. The van der Waals surface area contributed by atoms with Crippen LogP contribution in [-0.4, -0.2) is 43.8 Å². The Bertz CT molecular complexity index is 1700. The second-order valence-electron chi connectivity index (χ2n) is 10.8. The minimum atomic E-state index is -4.21. The van der Waals surface area contributed by atoms with Gasteiger partial charge in [0.1, 0.15) is 12.6 Å². The van der Waals surface area contributed by atoms with E-state index in [0.29, 0.717) is 15.6 Å². The van der Waals surface area contributed by atoms with Crippen molar-refractivity contribution in [3.05, 3.63) is 130 Å². The lowest BCUT2D eigenvalue weighted by Gasteiger charge is -2.34. The van der Waals surface area contributed by atoms with E-state index in [-0.39, 0.29) is 35.5 Å². The van der Waals surface area contributed by atoms with E-state index in [9.17, 15) is 18.0 Å². The van der Waals surface area contributed by atoms with Gasteiger partial charge in [0.05, 0.1) is 10.6 Å². The van der Waals surface area contributed by atoms with Crippen molar-refractivity contribution < 1.29 is 18.0 Å². The monoisotopic (exact) mass is 651 g/mol. The summed E-state index contributed by atoms with van der Waals surface area (Å²) >= 11 is 12.6. The van der Waals surface area contributed by atoms with E-state index in [1.807, 2.05) is 57.2 Å². The summed E-state index contributed by atoms with van der Waals surface area (Å²) < 4.78 is 29.2. The lowest BCUT2D eigenvalue weighted by atomic mass is 10.0. The van der Waals surface area contributed by atoms with Gasteiger partial charge in [-0.2, -0.15) is 0 Å². The van der Waals surface area contributed by atoms with Crippen LogP contribution in [0.2, 0.25) is 10.0 Å². The maximum atomic E-state index is 14.4. The predicted molar refractivity (Wildman–Crippen MR) is 176 cm³/mol. The van der Waals surface area contributed by atoms with Gasteiger partial charge in [-0.15, -0.1) is 0 Å². The summed E-state index contributed by atoms with van der Waals surface area (Å²) in [5.41, 5.74) is 2.65. The molecule has 0 aliphatic heterocycles. The SMILES string of the molecule is Cc1ccc(S(=O)(=O)N(CC(=O)N(Cc2cccc(Cl)c2)[C@H](Cc2ccccc2)C(=O)NC(C)C)c2cccc(Cl)c2)cc1. The number of carbonyl (C=O) groups is 2. The molecule has 2 amide bonds. The first-order chi connectivity index (χ1) is 20.9. The maximum Gasteiger partial charge on any atom is 0.264 e. The molecule has 7 nitrogen and oxygen atoms in total. The van der Waals surface area contributed by atoms with Crippen LogP contribution in [0.25, 0.3) is 0 Å². The zero-order valence-electron chi connectivity index (χ0n) is 24.8. The number of benzene rings is 4. The molecule has 0 spiro atoms. The topological polar surface area (TPSA) is 86.8 Å². The van der Waals surface area contributed by atoms with E-state index in [1.165, 1.54) is 23.1 Å². The highest BCUT2D eigenvalue weighted by atomic mass is 35.5. The third kappa shape index (κ3) is 8.62. The van der Waals surface area contributed by atoms with E-state index in [0.717, 1.165) is 15.4 Å². The van der Waals surface area contributed by atoms with Crippen LogP contribution in [0.4, 0.5) is 5.69 Å². The average Bonchev–Trinajstić information content (AvgIpc) is 2.98. The first-order valence-corrected chi connectivity index (χ1v) is 16.4. The van der Waals surface area contributed by atoms with Crippen LogP contribution in [0.15, 0.2) is 108 Å². The molecule has 1 N–H and O–H groups in total. The van der Waals surface area contributed by atoms with Gasteiger partial charge in [-0.3, -0.25) is 13.9 Å². The van der Waals surface area contributed by atoms with E-state index in [1.54, 1.807) is 48.5 Å². The van der Waals surface area contributed by atoms with Gasteiger partial charge in [0.25, 0.3) is 10.0 Å². The van der Waals surface area contributed by atoms with E-state index in [2.05, 4.69) is 5.32 Å². The summed E-state index contributed by atoms with van der Waals surface area (Å²) in [6.45, 7) is 5.00. The molecule has 230 valence electrons.